The molecule has 0 aliphatic heterocycles. The molecular formula is C10H12Cl2N2. The second kappa shape index (κ2) is 5.23. The van der Waals surface area contributed by atoms with E-state index in [0.717, 1.165) is 17.1 Å². The number of aromatic nitrogens is 1. The van der Waals surface area contributed by atoms with Gasteiger partial charge in [-0.3, -0.25) is 4.98 Å². The average Bonchev–Trinajstić information content (AvgIpc) is 2.01. The Kier molecular flexibility index (Phi) is 4.23. The van der Waals surface area contributed by atoms with Crippen LogP contribution in [0.3, 0.4) is 0 Å². The zero-order valence-corrected chi connectivity index (χ0v) is 9.65. The quantitative estimate of drug-likeness (QED) is 0.861. The molecule has 4 heteroatoms. The molecule has 1 aromatic rings. The van der Waals surface area contributed by atoms with Crippen molar-refractivity contribution in [3.8, 4) is 0 Å². The van der Waals surface area contributed by atoms with E-state index in [1.807, 2.05) is 26.0 Å². The molecule has 14 heavy (non-hydrogen) atoms. The Bertz CT molecular complexity index is 324. The maximum atomic E-state index is 5.48. The third-order valence-corrected chi connectivity index (χ3v) is 1.95. The lowest BCUT2D eigenvalue weighted by molar-refractivity contribution is 1.12. The number of halogens is 2. The van der Waals surface area contributed by atoms with Crippen LogP contribution in [-0.2, 0) is 0 Å². The standard InChI is InChI=1S/C10H12Cl2N2/c1-7-5-9(6-8(2)14-7)13-4-3-10(11)12/h3,5-6H,4H2,1-2H3,(H,13,14). The van der Waals surface area contributed by atoms with Crippen LogP contribution >= 0.6 is 23.2 Å². The Labute approximate surface area is 93.9 Å². The summed E-state index contributed by atoms with van der Waals surface area (Å²) in [6, 6.07) is 3.95. The van der Waals surface area contributed by atoms with Crippen LogP contribution in [0, 0.1) is 13.8 Å². The summed E-state index contributed by atoms with van der Waals surface area (Å²) in [6.07, 6.45) is 1.70. The molecule has 1 rings (SSSR count). The number of nitrogens with one attached hydrogen (secondary N) is 1. The van der Waals surface area contributed by atoms with Crippen molar-refractivity contribution in [3.05, 3.63) is 34.1 Å². The van der Waals surface area contributed by atoms with E-state index in [-0.39, 0.29) is 4.49 Å². The predicted molar refractivity (Wildman–Crippen MR) is 62.0 cm³/mol. The molecule has 0 aromatic carbocycles. The van der Waals surface area contributed by atoms with Gasteiger partial charge in [0.15, 0.2) is 0 Å². The minimum absolute atomic E-state index is 0.278. The largest absolute Gasteiger partial charge is 0.381 e. The molecule has 1 aromatic heterocycles. The summed E-state index contributed by atoms with van der Waals surface area (Å²) in [4.78, 5) is 4.27. The molecular weight excluding hydrogens is 219 g/mol. The third kappa shape index (κ3) is 3.99. The van der Waals surface area contributed by atoms with Crippen molar-refractivity contribution in [2.75, 3.05) is 11.9 Å². The highest BCUT2D eigenvalue weighted by Crippen LogP contribution is 2.11. The van der Waals surface area contributed by atoms with Gasteiger partial charge < -0.3 is 5.32 Å². The minimum atomic E-state index is 0.278. The second-order valence-electron chi connectivity index (χ2n) is 3.01. The van der Waals surface area contributed by atoms with Gasteiger partial charge in [0.05, 0.1) is 0 Å². The molecule has 0 amide bonds. The topological polar surface area (TPSA) is 24.9 Å². The molecule has 0 aliphatic carbocycles. The smallest absolute Gasteiger partial charge is 0.104 e. The number of anilines is 1. The van der Waals surface area contributed by atoms with E-state index in [4.69, 9.17) is 23.2 Å². The Morgan fingerprint density at radius 1 is 1.36 bits per heavy atom. The van der Waals surface area contributed by atoms with Crippen LogP contribution < -0.4 is 5.32 Å². The lowest BCUT2D eigenvalue weighted by atomic mass is 10.3. The van der Waals surface area contributed by atoms with Crippen LogP contribution in [0.25, 0.3) is 0 Å². The van der Waals surface area contributed by atoms with Crippen molar-refractivity contribution in [2.24, 2.45) is 0 Å². The van der Waals surface area contributed by atoms with E-state index in [1.165, 1.54) is 0 Å². The van der Waals surface area contributed by atoms with Gasteiger partial charge in [0.25, 0.3) is 0 Å². The van der Waals surface area contributed by atoms with Crippen LogP contribution in [0.5, 0.6) is 0 Å². The number of aryl methyl sites for hydroxylation is 2. The highest BCUT2D eigenvalue weighted by molar-refractivity contribution is 6.55. The van der Waals surface area contributed by atoms with Crippen molar-refractivity contribution in [2.45, 2.75) is 13.8 Å². The van der Waals surface area contributed by atoms with E-state index in [9.17, 15) is 0 Å². The first kappa shape index (κ1) is 11.3. The molecule has 0 fully saturated rings. The Hall–Kier alpha value is -0.730. The zero-order valence-electron chi connectivity index (χ0n) is 8.14. The Morgan fingerprint density at radius 3 is 2.43 bits per heavy atom. The third-order valence-electron chi connectivity index (χ3n) is 1.64. The molecule has 0 aliphatic rings. The molecule has 0 atom stereocenters. The van der Waals surface area contributed by atoms with Gasteiger partial charge in [-0.15, -0.1) is 0 Å². The van der Waals surface area contributed by atoms with Gasteiger partial charge in [-0.1, -0.05) is 23.2 Å². The van der Waals surface area contributed by atoms with Gasteiger partial charge >= 0.3 is 0 Å². The molecule has 0 saturated heterocycles. The first-order chi connectivity index (χ1) is 6.58. The summed E-state index contributed by atoms with van der Waals surface area (Å²) < 4.78 is 0.278. The average molecular weight is 231 g/mol. The normalized spacial score (nSPS) is 9.71. The maximum absolute atomic E-state index is 5.48. The fourth-order valence-electron chi connectivity index (χ4n) is 1.18. The van der Waals surface area contributed by atoms with Crippen molar-refractivity contribution >= 4 is 28.9 Å². The summed E-state index contributed by atoms with van der Waals surface area (Å²) in [5.41, 5.74) is 3.02. The minimum Gasteiger partial charge on any atom is -0.381 e. The van der Waals surface area contributed by atoms with E-state index < -0.39 is 0 Å². The molecule has 76 valence electrons. The molecule has 0 unspecified atom stereocenters. The Morgan fingerprint density at radius 2 is 1.93 bits per heavy atom. The van der Waals surface area contributed by atoms with Crippen molar-refractivity contribution < 1.29 is 0 Å². The van der Waals surface area contributed by atoms with Gasteiger partial charge in [0.2, 0.25) is 0 Å². The highest BCUT2D eigenvalue weighted by atomic mass is 35.5. The number of hydrogen-bond donors (Lipinski definition) is 1. The van der Waals surface area contributed by atoms with Gasteiger partial charge in [0, 0.05) is 23.6 Å². The summed E-state index contributed by atoms with van der Waals surface area (Å²) in [7, 11) is 0. The van der Waals surface area contributed by atoms with Crippen LogP contribution in [0.1, 0.15) is 11.4 Å². The van der Waals surface area contributed by atoms with E-state index in [0.29, 0.717) is 6.54 Å². The summed E-state index contributed by atoms with van der Waals surface area (Å²) in [5.74, 6) is 0. The van der Waals surface area contributed by atoms with E-state index >= 15 is 0 Å². The molecule has 0 bridgehead atoms. The molecule has 1 N–H and O–H groups in total. The van der Waals surface area contributed by atoms with Crippen LogP contribution in [-0.4, -0.2) is 11.5 Å². The number of hydrogen-bond acceptors (Lipinski definition) is 2. The first-order valence-corrected chi connectivity index (χ1v) is 5.04. The van der Waals surface area contributed by atoms with E-state index in [1.54, 1.807) is 6.08 Å². The monoisotopic (exact) mass is 230 g/mol. The molecule has 0 saturated carbocycles. The molecule has 0 spiro atoms. The lowest BCUT2D eigenvalue weighted by Gasteiger charge is -2.05. The highest BCUT2D eigenvalue weighted by Gasteiger charge is 1.94. The van der Waals surface area contributed by atoms with Gasteiger partial charge in [-0.25, -0.2) is 0 Å². The summed E-state index contributed by atoms with van der Waals surface area (Å²) in [5, 5.41) is 3.17. The maximum Gasteiger partial charge on any atom is 0.104 e. The van der Waals surface area contributed by atoms with Gasteiger partial charge in [-0.05, 0) is 32.1 Å². The fraction of sp³-hybridized carbons (Fsp3) is 0.300. The Balaban J connectivity index is 2.63. The number of rotatable bonds is 3. The lowest BCUT2D eigenvalue weighted by Crippen LogP contribution is -2.00. The zero-order chi connectivity index (χ0) is 10.6. The van der Waals surface area contributed by atoms with Crippen LogP contribution in [0.2, 0.25) is 0 Å². The number of nitrogens with zero attached hydrogens (tertiary/aromatic N) is 1. The second-order valence-corrected chi connectivity index (χ2v) is 4.02. The van der Waals surface area contributed by atoms with Crippen molar-refractivity contribution in [1.29, 1.82) is 0 Å². The molecule has 0 radical (unpaired) electrons. The molecule has 1 heterocycles. The fourth-order valence-corrected chi connectivity index (χ4v) is 1.34. The number of pyridine rings is 1. The van der Waals surface area contributed by atoms with Crippen molar-refractivity contribution in [1.82, 2.24) is 4.98 Å². The summed E-state index contributed by atoms with van der Waals surface area (Å²) >= 11 is 11.0. The van der Waals surface area contributed by atoms with Crippen LogP contribution in [0.4, 0.5) is 5.69 Å². The van der Waals surface area contributed by atoms with Gasteiger partial charge in [0.1, 0.15) is 4.49 Å². The predicted octanol–water partition coefficient (Wildman–Crippen LogP) is 3.43. The SMILES string of the molecule is Cc1cc(NCC=C(Cl)Cl)cc(C)n1. The first-order valence-electron chi connectivity index (χ1n) is 4.28. The van der Waals surface area contributed by atoms with E-state index in [2.05, 4.69) is 10.3 Å². The summed E-state index contributed by atoms with van der Waals surface area (Å²) in [6.45, 7) is 4.54. The van der Waals surface area contributed by atoms with Gasteiger partial charge in [-0.2, -0.15) is 0 Å². The molecule has 2 nitrogen and oxygen atoms in total. The van der Waals surface area contributed by atoms with Crippen molar-refractivity contribution in [3.63, 3.8) is 0 Å². The van der Waals surface area contributed by atoms with Crippen LogP contribution in [0.15, 0.2) is 22.7 Å².